The van der Waals surface area contributed by atoms with E-state index in [1.165, 1.54) is 33.0 Å². The normalized spacial score (nSPS) is 11.3. The molecule has 0 aliphatic heterocycles. The quantitative estimate of drug-likeness (QED) is 0.0936. The van der Waals surface area contributed by atoms with Gasteiger partial charge < -0.3 is 40.8 Å². The van der Waals surface area contributed by atoms with Crippen LogP contribution in [0.1, 0.15) is 35.1 Å². The molecular weight excluding hydrogens is 817 g/mol. The molecule has 0 amide bonds. The Labute approximate surface area is 357 Å². The fraction of sp³-hybridized carbons (Fsp3) is 0.317. The molecule has 21 heteroatoms. The van der Waals surface area contributed by atoms with Crippen molar-refractivity contribution in [3.8, 4) is 23.2 Å². The van der Waals surface area contributed by atoms with E-state index in [4.69, 9.17) is 35.5 Å². The second-order valence-electron chi connectivity index (χ2n) is 13.8. The van der Waals surface area contributed by atoms with Crippen LogP contribution in [0.3, 0.4) is 0 Å². The number of nitrogen functional groups attached to an aromatic ring is 2. The van der Waals surface area contributed by atoms with Gasteiger partial charge in [-0.1, -0.05) is 48.5 Å². The summed E-state index contributed by atoms with van der Waals surface area (Å²) in [5.74, 6) is 2.56. The lowest BCUT2D eigenvalue weighted by atomic mass is 10.1. The summed E-state index contributed by atoms with van der Waals surface area (Å²) in [5.41, 5.74) is 22.4. The van der Waals surface area contributed by atoms with Crippen LogP contribution in [0.15, 0.2) is 99.3 Å². The Hall–Kier alpha value is -6.81. The molecule has 0 spiro atoms. The Balaban J connectivity index is 0.000000167. The number of aryl methyl sites for hydroxylation is 2. The molecule has 0 radical (unpaired) electrons. The Morgan fingerprint density at radius 1 is 0.629 bits per heavy atom. The number of hydrogen-bond acceptors (Lipinski definition) is 18. The van der Waals surface area contributed by atoms with Crippen molar-refractivity contribution in [2.75, 3.05) is 63.6 Å². The minimum absolute atomic E-state index is 0.0410. The van der Waals surface area contributed by atoms with Crippen molar-refractivity contribution >= 4 is 39.2 Å². The lowest BCUT2D eigenvalue weighted by Gasteiger charge is -2.07. The van der Waals surface area contributed by atoms with Crippen molar-refractivity contribution in [2.24, 2.45) is 5.73 Å². The summed E-state index contributed by atoms with van der Waals surface area (Å²) in [6.07, 6.45) is 10.1. The van der Waals surface area contributed by atoms with E-state index in [2.05, 4.69) is 93.9 Å². The third kappa shape index (κ3) is 12.4. The highest BCUT2D eigenvalue weighted by Gasteiger charge is 2.18. The largest absolute Gasteiger partial charge is 0.461 e. The molecule has 0 aliphatic rings. The summed E-state index contributed by atoms with van der Waals surface area (Å²) in [5, 5.41) is 11.1. The summed E-state index contributed by atoms with van der Waals surface area (Å²) >= 11 is 0. The summed E-state index contributed by atoms with van der Waals surface area (Å²) in [4.78, 5) is 24.5. The number of anilines is 3. The molecule has 7 N–H and O–H groups in total. The van der Waals surface area contributed by atoms with Gasteiger partial charge in [-0.25, -0.2) is 8.42 Å². The smallest absolute Gasteiger partial charge is 0.259 e. The average molecular weight is 867 g/mol. The third-order valence-corrected chi connectivity index (χ3v) is 9.91. The molecule has 326 valence electrons. The Bertz CT molecular complexity index is 2700. The number of nitrogens with two attached hydrogens (primary N) is 3. The Morgan fingerprint density at radius 2 is 1.10 bits per heavy atom. The summed E-state index contributed by atoms with van der Waals surface area (Å²) in [6, 6.07) is 24.2. The second kappa shape index (κ2) is 21.6. The number of benzene rings is 2. The first-order valence-electron chi connectivity index (χ1n) is 19.7. The van der Waals surface area contributed by atoms with E-state index >= 15 is 0 Å². The molecule has 20 nitrogen and oxygen atoms in total. The van der Waals surface area contributed by atoms with Crippen molar-refractivity contribution in [1.29, 1.82) is 0 Å². The topological polar surface area (TPSA) is 281 Å². The van der Waals surface area contributed by atoms with Gasteiger partial charge in [-0.2, -0.15) is 38.9 Å². The first-order valence-corrected chi connectivity index (χ1v) is 21.6. The zero-order chi connectivity index (χ0) is 43.9. The molecule has 8 rings (SSSR count). The zero-order valence-electron chi connectivity index (χ0n) is 34.7. The molecule has 6 aromatic heterocycles. The van der Waals surface area contributed by atoms with Gasteiger partial charge in [-0.3, -0.25) is 0 Å². The molecule has 0 atom stereocenters. The van der Waals surface area contributed by atoms with Gasteiger partial charge in [0.15, 0.2) is 11.5 Å². The van der Waals surface area contributed by atoms with Gasteiger partial charge in [0.25, 0.3) is 16.7 Å². The SMILES string of the molecule is COCCCc1ccc(CCN)cc1.COCCCc1ccc(CCNc2nc(N)n3nc(-c4ccco4)nc3n2)cc1.CS(=O)(=O)c1nc(N)n2nc(-c3ccco3)nc2n1. The van der Waals surface area contributed by atoms with Gasteiger partial charge in [-0.05, 0) is 91.6 Å². The number of furan rings is 2. The average Bonchev–Trinajstić information content (AvgIpc) is 4.10. The van der Waals surface area contributed by atoms with Crippen LogP contribution in [0.25, 0.3) is 34.7 Å². The zero-order valence-corrected chi connectivity index (χ0v) is 35.5. The number of sulfone groups is 1. The maximum Gasteiger partial charge on any atom is 0.259 e. The van der Waals surface area contributed by atoms with Gasteiger partial charge in [-0.15, -0.1) is 10.2 Å². The van der Waals surface area contributed by atoms with Gasteiger partial charge >= 0.3 is 0 Å². The number of ether oxygens (including phenoxy) is 2. The Kier molecular flexibility index (Phi) is 15.6. The van der Waals surface area contributed by atoms with E-state index in [0.29, 0.717) is 35.6 Å². The van der Waals surface area contributed by atoms with Gasteiger partial charge in [0.2, 0.25) is 39.3 Å². The molecule has 6 heterocycles. The minimum Gasteiger partial charge on any atom is -0.461 e. The van der Waals surface area contributed by atoms with E-state index in [-0.39, 0.29) is 23.5 Å². The van der Waals surface area contributed by atoms with Crippen LogP contribution in [0.5, 0.6) is 0 Å². The molecular formula is C41H50N14O6S. The van der Waals surface area contributed by atoms with Crippen molar-refractivity contribution in [2.45, 2.75) is 43.7 Å². The van der Waals surface area contributed by atoms with Gasteiger partial charge in [0.05, 0.1) is 12.5 Å². The monoisotopic (exact) mass is 866 g/mol. The minimum atomic E-state index is -3.57. The van der Waals surface area contributed by atoms with Gasteiger partial charge in [0.1, 0.15) is 0 Å². The Morgan fingerprint density at radius 3 is 1.55 bits per heavy atom. The molecule has 0 saturated carbocycles. The van der Waals surface area contributed by atoms with E-state index in [1.54, 1.807) is 44.7 Å². The summed E-state index contributed by atoms with van der Waals surface area (Å²) in [7, 11) is -0.0993. The number of methoxy groups -OCH3 is 2. The molecule has 0 fully saturated rings. The van der Waals surface area contributed by atoms with Crippen LogP contribution in [0.2, 0.25) is 0 Å². The van der Waals surface area contributed by atoms with Crippen molar-refractivity contribution in [3.63, 3.8) is 0 Å². The lowest BCUT2D eigenvalue weighted by Crippen LogP contribution is -2.12. The fourth-order valence-corrected chi connectivity index (χ4v) is 6.44. The number of nitrogens with one attached hydrogen (secondary N) is 1. The van der Waals surface area contributed by atoms with E-state index in [9.17, 15) is 8.42 Å². The van der Waals surface area contributed by atoms with Crippen molar-refractivity contribution in [3.05, 3.63) is 108 Å². The van der Waals surface area contributed by atoms with Crippen LogP contribution in [-0.4, -0.2) is 104 Å². The van der Waals surface area contributed by atoms with Crippen molar-refractivity contribution in [1.82, 2.24) is 49.1 Å². The molecule has 0 bridgehead atoms. The van der Waals surface area contributed by atoms with Crippen LogP contribution < -0.4 is 22.5 Å². The predicted molar refractivity (Wildman–Crippen MR) is 233 cm³/mol. The summed E-state index contributed by atoms with van der Waals surface area (Å²) < 4.78 is 45.9. The molecule has 62 heavy (non-hydrogen) atoms. The molecule has 0 unspecified atom stereocenters. The molecule has 0 aliphatic carbocycles. The van der Waals surface area contributed by atoms with E-state index in [1.807, 2.05) is 0 Å². The highest BCUT2D eigenvalue weighted by Crippen LogP contribution is 2.19. The maximum absolute atomic E-state index is 11.4. The van der Waals surface area contributed by atoms with Gasteiger partial charge in [0, 0.05) is 40.2 Å². The standard InChI is InChI=1S/C20H23N7O2.C12H19NO.C9H8N6O3S/c1-28-12-2-4-14-6-8-15(9-7-14)10-11-22-19-24-18(21)27-20(25-19)23-17(26-27)16-5-3-13-29-16;1-14-10-2-3-11-4-6-12(7-5-11)8-9-13;1-19(16,17)9-12-7(10)15-8(13-9)11-6(14-15)5-3-2-4-18-5/h3,5-9,13H,2,4,10-12H2,1H3,(H3,21,22,23,24,25,26);4-7H,2-3,8-10,13H2,1H3;2-4H,1H3,(H2,10,11,12,13,14). The second-order valence-corrected chi connectivity index (χ2v) is 15.7. The van der Waals surface area contributed by atoms with E-state index < -0.39 is 15.0 Å². The first kappa shape index (κ1) is 44.7. The first-order chi connectivity index (χ1) is 30.0. The number of hydrogen-bond donors (Lipinski definition) is 4. The molecule has 0 saturated heterocycles. The van der Waals surface area contributed by atoms with E-state index in [0.717, 1.165) is 69.1 Å². The number of rotatable bonds is 17. The van der Waals surface area contributed by atoms with Crippen LogP contribution in [0, 0.1) is 0 Å². The number of nitrogens with zero attached hydrogens (tertiary/aromatic N) is 10. The third-order valence-electron chi connectivity index (χ3n) is 9.06. The van der Waals surface area contributed by atoms with Crippen LogP contribution in [0.4, 0.5) is 17.8 Å². The molecule has 2 aromatic carbocycles. The summed E-state index contributed by atoms with van der Waals surface area (Å²) in [6.45, 7) is 3.03. The predicted octanol–water partition coefficient (Wildman–Crippen LogP) is 4.13. The van der Waals surface area contributed by atoms with Crippen molar-refractivity contribution < 1.29 is 26.7 Å². The fourth-order valence-electron chi connectivity index (χ4n) is 5.93. The van der Waals surface area contributed by atoms with Crippen LogP contribution >= 0.6 is 0 Å². The maximum atomic E-state index is 11.4. The number of fused-ring (bicyclic) bond motifs is 2. The highest BCUT2D eigenvalue weighted by atomic mass is 32.2. The van der Waals surface area contributed by atoms with Crippen LogP contribution in [-0.2, 0) is 45.0 Å². The lowest BCUT2D eigenvalue weighted by molar-refractivity contribution is 0.195. The highest BCUT2D eigenvalue weighted by molar-refractivity contribution is 7.90. The number of aromatic nitrogens is 10. The molecule has 8 aromatic rings.